The van der Waals surface area contributed by atoms with Gasteiger partial charge in [0.25, 0.3) is 0 Å². The maximum Gasteiger partial charge on any atom is 0.363 e. The lowest BCUT2D eigenvalue weighted by atomic mass is 10.1. The fourth-order valence-corrected chi connectivity index (χ4v) is 3.17. The molecule has 0 aliphatic carbocycles. The normalized spacial score (nSPS) is 15.1. The summed E-state index contributed by atoms with van der Waals surface area (Å²) in [4.78, 5) is 18.4. The Kier molecular flexibility index (Phi) is 4.76. The second-order valence-electron chi connectivity index (χ2n) is 5.20. The number of hydrogen-bond donors (Lipinski definition) is 0. The molecule has 0 atom stereocenters. The summed E-state index contributed by atoms with van der Waals surface area (Å²) in [6.45, 7) is 1.98. The molecule has 7 heteroatoms. The summed E-state index contributed by atoms with van der Waals surface area (Å²) >= 11 is 1.52. The van der Waals surface area contributed by atoms with Crippen LogP contribution in [0.2, 0.25) is 0 Å². The van der Waals surface area contributed by atoms with Crippen molar-refractivity contribution < 1.29 is 23.7 Å². The third-order valence-corrected chi connectivity index (χ3v) is 4.59. The molecule has 1 aliphatic rings. The highest BCUT2D eigenvalue weighted by atomic mass is 32.1. The number of thiophene rings is 1. The third-order valence-electron chi connectivity index (χ3n) is 3.60. The number of hydrogen-bond acceptors (Lipinski definition) is 7. The summed E-state index contributed by atoms with van der Waals surface area (Å²) in [5.74, 6) is 1.41. The predicted octanol–water partition coefficient (Wildman–Crippen LogP) is 3.43. The van der Waals surface area contributed by atoms with Gasteiger partial charge in [-0.2, -0.15) is 0 Å². The van der Waals surface area contributed by atoms with Crippen molar-refractivity contribution in [2.45, 2.75) is 6.92 Å². The van der Waals surface area contributed by atoms with E-state index in [-0.39, 0.29) is 5.70 Å². The van der Waals surface area contributed by atoms with Crippen molar-refractivity contribution in [2.75, 3.05) is 21.3 Å². The van der Waals surface area contributed by atoms with Crippen molar-refractivity contribution in [1.82, 2.24) is 0 Å². The summed E-state index contributed by atoms with van der Waals surface area (Å²) in [6.07, 6.45) is 1.61. The second kappa shape index (κ2) is 6.98. The van der Waals surface area contributed by atoms with Crippen molar-refractivity contribution >= 4 is 29.3 Å². The first-order valence-corrected chi connectivity index (χ1v) is 8.26. The van der Waals surface area contributed by atoms with Crippen LogP contribution in [0.1, 0.15) is 15.3 Å². The minimum absolute atomic E-state index is 0.201. The number of aliphatic imine (C=N–C) groups is 1. The van der Waals surface area contributed by atoms with Gasteiger partial charge in [0, 0.05) is 16.5 Å². The smallest absolute Gasteiger partial charge is 0.363 e. The molecule has 1 aromatic heterocycles. The average molecular weight is 359 g/mol. The summed E-state index contributed by atoms with van der Waals surface area (Å²) in [7, 11) is 4.63. The Morgan fingerprint density at radius 3 is 2.32 bits per heavy atom. The fraction of sp³-hybridized carbons (Fsp3) is 0.222. The highest BCUT2D eigenvalue weighted by Gasteiger charge is 2.25. The van der Waals surface area contributed by atoms with E-state index in [1.807, 2.05) is 19.1 Å². The van der Waals surface area contributed by atoms with Gasteiger partial charge in [0.15, 0.2) is 17.2 Å². The molecule has 0 radical (unpaired) electrons. The molecular weight excluding hydrogens is 342 g/mol. The van der Waals surface area contributed by atoms with E-state index in [0.29, 0.717) is 28.7 Å². The van der Waals surface area contributed by atoms with Crippen LogP contribution in [-0.2, 0) is 9.53 Å². The molecule has 0 spiro atoms. The van der Waals surface area contributed by atoms with Crippen molar-refractivity contribution in [3.63, 3.8) is 0 Å². The van der Waals surface area contributed by atoms with Crippen molar-refractivity contribution in [3.8, 4) is 17.2 Å². The third kappa shape index (κ3) is 3.36. The first-order valence-electron chi connectivity index (χ1n) is 7.45. The van der Waals surface area contributed by atoms with Crippen LogP contribution in [0, 0.1) is 6.92 Å². The van der Waals surface area contributed by atoms with E-state index in [0.717, 1.165) is 9.75 Å². The summed E-state index contributed by atoms with van der Waals surface area (Å²) in [6, 6.07) is 7.25. The number of benzene rings is 1. The monoisotopic (exact) mass is 359 g/mol. The van der Waals surface area contributed by atoms with Gasteiger partial charge in [-0.15, -0.1) is 11.3 Å². The molecule has 0 saturated carbocycles. The Bertz CT molecular complexity index is 882. The van der Waals surface area contributed by atoms with E-state index in [1.54, 1.807) is 39.5 Å². The Labute approximate surface area is 149 Å². The van der Waals surface area contributed by atoms with Crippen LogP contribution >= 0.6 is 11.3 Å². The number of carbonyl (C=O) groups is 1. The highest BCUT2D eigenvalue weighted by molar-refractivity contribution is 7.14. The number of nitrogens with zero attached hydrogens (tertiary/aromatic N) is 1. The molecule has 2 heterocycles. The van der Waals surface area contributed by atoms with E-state index < -0.39 is 5.97 Å². The Balaban J connectivity index is 2.02. The first-order chi connectivity index (χ1) is 12.0. The molecule has 2 aromatic rings. The molecule has 0 unspecified atom stereocenters. The first kappa shape index (κ1) is 17.0. The van der Waals surface area contributed by atoms with Crippen molar-refractivity contribution in [1.29, 1.82) is 0 Å². The number of ether oxygens (including phenoxy) is 4. The quantitative estimate of drug-likeness (QED) is 0.604. The minimum Gasteiger partial charge on any atom is -0.496 e. The van der Waals surface area contributed by atoms with Crippen molar-refractivity contribution in [3.05, 3.63) is 45.3 Å². The lowest BCUT2D eigenvalue weighted by Gasteiger charge is -2.12. The van der Waals surface area contributed by atoms with E-state index in [2.05, 4.69) is 4.99 Å². The molecule has 25 heavy (non-hydrogen) atoms. The van der Waals surface area contributed by atoms with Crippen LogP contribution in [0.4, 0.5) is 0 Å². The fourth-order valence-electron chi connectivity index (χ4n) is 2.38. The molecule has 6 nitrogen and oxygen atoms in total. The molecular formula is C18H17NO5S. The zero-order valence-electron chi connectivity index (χ0n) is 14.3. The SMILES string of the molecule is COc1cc(OC)c(OC)cc1/C=C1/N=C(c2ccc(C)s2)OC1=O. The maximum atomic E-state index is 12.1. The molecule has 0 N–H and O–H groups in total. The van der Waals surface area contributed by atoms with Crippen LogP contribution in [0.3, 0.4) is 0 Å². The summed E-state index contributed by atoms with van der Waals surface area (Å²) < 4.78 is 21.2. The van der Waals surface area contributed by atoms with Gasteiger partial charge in [0.2, 0.25) is 5.90 Å². The van der Waals surface area contributed by atoms with E-state index >= 15 is 0 Å². The highest BCUT2D eigenvalue weighted by Crippen LogP contribution is 2.36. The standard InChI is InChI=1S/C18H17NO5S/c1-10-5-6-16(25-10)17-19-12(18(20)24-17)7-11-8-14(22-3)15(23-4)9-13(11)21-2/h5-9H,1-4H3/b12-7+. The number of esters is 1. The van der Waals surface area contributed by atoms with Crippen LogP contribution in [-0.4, -0.2) is 33.2 Å². The zero-order chi connectivity index (χ0) is 18.0. The molecule has 0 fully saturated rings. The number of carbonyl (C=O) groups excluding carboxylic acids is 1. The Morgan fingerprint density at radius 1 is 1.04 bits per heavy atom. The Morgan fingerprint density at radius 2 is 1.72 bits per heavy atom. The van der Waals surface area contributed by atoms with Crippen molar-refractivity contribution in [2.24, 2.45) is 4.99 Å². The lowest BCUT2D eigenvalue weighted by Crippen LogP contribution is -2.03. The number of cyclic esters (lactones) is 1. The molecule has 1 aliphatic heterocycles. The van der Waals surface area contributed by atoms with Gasteiger partial charge in [0.05, 0.1) is 26.2 Å². The predicted molar refractivity (Wildman–Crippen MR) is 95.8 cm³/mol. The average Bonchev–Trinajstić information content (AvgIpc) is 3.20. The van der Waals surface area contributed by atoms with Crippen LogP contribution in [0.25, 0.3) is 6.08 Å². The van der Waals surface area contributed by atoms with Gasteiger partial charge >= 0.3 is 5.97 Å². The lowest BCUT2D eigenvalue weighted by molar-refractivity contribution is -0.129. The van der Waals surface area contributed by atoms with Gasteiger partial charge < -0.3 is 18.9 Å². The summed E-state index contributed by atoms with van der Waals surface area (Å²) in [5.41, 5.74) is 0.839. The topological polar surface area (TPSA) is 66.3 Å². The van der Waals surface area contributed by atoms with Crippen LogP contribution < -0.4 is 14.2 Å². The summed E-state index contributed by atoms with van der Waals surface area (Å²) in [5, 5.41) is 0. The van der Waals surface area contributed by atoms with Gasteiger partial charge in [-0.1, -0.05) is 0 Å². The van der Waals surface area contributed by atoms with Gasteiger partial charge in [-0.05, 0) is 31.2 Å². The van der Waals surface area contributed by atoms with E-state index in [9.17, 15) is 4.79 Å². The second-order valence-corrected chi connectivity index (χ2v) is 6.48. The van der Waals surface area contributed by atoms with Gasteiger partial charge in [-0.3, -0.25) is 0 Å². The number of methoxy groups -OCH3 is 3. The Hall–Kier alpha value is -2.80. The molecule has 0 amide bonds. The molecule has 130 valence electrons. The maximum absolute atomic E-state index is 12.1. The van der Waals surface area contributed by atoms with Crippen LogP contribution in [0.15, 0.2) is 35.0 Å². The molecule has 0 bridgehead atoms. The van der Waals surface area contributed by atoms with Crippen LogP contribution in [0.5, 0.6) is 17.2 Å². The van der Waals surface area contributed by atoms with Gasteiger partial charge in [-0.25, -0.2) is 9.79 Å². The number of aryl methyl sites for hydroxylation is 1. The molecule has 3 rings (SSSR count). The minimum atomic E-state index is -0.502. The largest absolute Gasteiger partial charge is 0.496 e. The van der Waals surface area contributed by atoms with Gasteiger partial charge in [0.1, 0.15) is 5.75 Å². The van der Waals surface area contributed by atoms with E-state index in [1.165, 1.54) is 11.3 Å². The number of rotatable bonds is 5. The molecule has 1 aromatic carbocycles. The molecule has 0 saturated heterocycles. The van der Waals surface area contributed by atoms with E-state index in [4.69, 9.17) is 18.9 Å². The zero-order valence-corrected chi connectivity index (χ0v) is 15.1.